The van der Waals surface area contributed by atoms with Crippen LogP contribution in [0.4, 0.5) is 0 Å². The maximum Gasteiger partial charge on any atom is 0.150 e. The fourth-order valence-corrected chi connectivity index (χ4v) is 2.25. The Morgan fingerprint density at radius 2 is 1.17 bits per heavy atom. The smallest absolute Gasteiger partial charge is 0.150 e. The van der Waals surface area contributed by atoms with Gasteiger partial charge in [-0.3, -0.25) is 9.59 Å². The zero-order valence-corrected chi connectivity index (χ0v) is 13.0. The number of hydrogen-bond donors (Lipinski definition) is 0. The Bertz CT molecular complexity index is 777. The second-order valence-corrected chi connectivity index (χ2v) is 5.05. The lowest BCUT2D eigenvalue weighted by atomic mass is 9.97. The average molecular weight is 302 g/mol. The van der Waals surface area contributed by atoms with Crippen LogP contribution in [0.1, 0.15) is 26.3 Å². The van der Waals surface area contributed by atoms with E-state index < -0.39 is 0 Å². The van der Waals surface area contributed by atoms with Gasteiger partial charge in [-0.1, -0.05) is 78.9 Å². The Kier molecular flexibility index (Phi) is 6.01. The second-order valence-electron chi connectivity index (χ2n) is 5.05. The minimum atomic E-state index is 0.729. The number of rotatable bonds is 3. The van der Waals surface area contributed by atoms with Crippen LogP contribution < -0.4 is 0 Å². The molecule has 0 aliphatic rings. The molecule has 0 heterocycles. The summed E-state index contributed by atoms with van der Waals surface area (Å²) < 4.78 is 0. The highest BCUT2D eigenvalue weighted by atomic mass is 16.1. The molecule has 0 N–H and O–H groups in total. The SMILES string of the molecule is Cc1ccccc1-c1ccccc1C=O.O=Cc1ccccc1. The molecule has 2 nitrogen and oxygen atoms in total. The molecule has 0 aliphatic carbocycles. The molecule has 3 aromatic rings. The Balaban J connectivity index is 0.000000203. The van der Waals surface area contributed by atoms with Gasteiger partial charge in [-0.05, 0) is 23.6 Å². The summed E-state index contributed by atoms with van der Waals surface area (Å²) in [7, 11) is 0. The molecular formula is C21H18O2. The van der Waals surface area contributed by atoms with Gasteiger partial charge in [0, 0.05) is 11.1 Å². The molecule has 0 bridgehead atoms. The highest BCUT2D eigenvalue weighted by molar-refractivity contribution is 5.88. The topological polar surface area (TPSA) is 34.1 Å². The largest absolute Gasteiger partial charge is 0.298 e. The highest BCUT2D eigenvalue weighted by Crippen LogP contribution is 2.25. The van der Waals surface area contributed by atoms with E-state index in [-0.39, 0.29) is 0 Å². The van der Waals surface area contributed by atoms with E-state index in [1.807, 2.05) is 60.7 Å². The van der Waals surface area contributed by atoms with Gasteiger partial charge in [-0.15, -0.1) is 0 Å². The van der Waals surface area contributed by atoms with Gasteiger partial charge in [0.05, 0.1) is 0 Å². The van der Waals surface area contributed by atoms with Gasteiger partial charge >= 0.3 is 0 Å². The van der Waals surface area contributed by atoms with E-state index in [2.05, 4.69) is 13.0 Å². The van der Waals surface area contributed by atoms with Crippen molar-refractivity contribution in [2.45, 2.75) is 6.92 Å². The molecule has 3 rings (SSSR count). The monoisotopic (exact) mass is 302 g/mol. The average Bonchev–Trinajstić information content (AvgIpc) is 2.63. The van der Waals surface area contributed by atoms with Crippen molar-refractivity contribution in [2.75, 3.05) is 0 Å². The summed E-state index contributed by atoms with van der Waals surface area (Å²) >= 11 is 0. The van der Waals surface area contributed by atoms with Crippen molar-refractivity contribution in [1.29, 1.82) is 0 Å². The third kappa shape index (κ3) is 4.48. The van der Waals surface area contributed by atoms with Crippen LogP contribution in [0.5, 0.6) is 0 Å². The second kappa shape index (κ2) is 8.44. The van der Waals surface area contributed by atoms with Gasteiger partial charge in [0.15, 0.2) is 6.29 Å². The van der Waals surface area contributed by atoms with Crippen molar-refractivity contribution >= 4 is 12.6 Å². The van der Waals surface area contributed by atoms with Crippen molar-refractivity contribution < 1.29 is 9.59 Å². The molecule has 0 saturated carbocycles. The highest BCUT2D eigenvalue weighted by Gasteiger charge is 2.04. The zero-order chi connectivity index (χ0) is 16.5. The van der Waals surface area contributed by atoms with Gasteiger partial charge in [-0.25, -0.2) is 0 Å². The number of carbonyl (C=O) groups excluding carboxylic acids is 2. The van der Waals surface area contributed by atoms with Crippen molar-refractivity contribution in [2.24, 2.45) is 0 Å². The minimum absolute atomic E-state index is 0.729. The predicted octanol–water partition coefficient (Wildman–Crippen LogP) is 4.97. The van der Waals surface area contributed by atoms with Crippen LogP contribution in [0.2, 0.25) is 0 Å². The molecular weight excluding hydrogens is 284 g/mol. The van der Waals surface area contributed by atoms with Crippen LogP contribution in [0.25, 0.3) is 11.1 Å². The van der Waals surface area contributed by atoms with E-state index in [9.17, 15) is 9.59 Å². The fraction of sp³-hybridized carbons (Fsp3) is 0.0476. The number of hydrogen-bond acceptors (Lipinski definition) is 2. The number of aldehydes is 2. The Hall–Kier alpha value is -3.00. The molecule has 0 unspecified atom stereocenters. The standard InChI is InChI=1S/C14H12O.C7H6O/c1-11-6-2-4-8-13(11)14-9-5-3-7-12(14)10-15;8-6-7-4-2-1-3-5-7/h2-10H,1H3;1-6H. The van der Waals surface area contributed by atoms with E-state index in [1.165, 1.54) is 5.56 Å². The zero-order valence-electron chi connectivity index (χ0n) is 13.0. The third-order valence-corrected chi connectivity index (χ3v) is 3.46. The lowest BCUT2D eigenvalue weighted by Gasteiger charge is -2.07. The summed E-state index contributed by atoms with van der Waals surface area (Å²) in [4.78, 5) is 20.9. The first-order chi connectivity index (χ1) is 11.3. The fourth-order valence-electron chi connectivity index (χ4n) is 2.25. The first-order valence-electron chi connectivity index (χ1n) is 7.36. The van der Waals surface area contributed by atoms with Crippen molar-refractivity contribution in [3.05, 3.63) is 95.6 Å². The normalized spacial score (nSPS) is 9.43. The van der Waals surface area contributed by atoms with Gasteiger partial charge < -0.3 is 0 Å². The van der Waals surface area contributed by atoms with E-state index in [1.54, 1.807) is 12.1 Å². The maximum atomic E-state index is 10.9. The molecule has 0 aliphatic heterocycles. The van der Waals surface area contributed by atoms with Gasteiger partial charge in [0.1, 0.15) is 6.29 Å². The number of carbonyl (C=O) groups is 2. The molecule has 0 radical (unpaired) electrons. The Morgan fingerprint density at radius 1 is 0.609 bits per heavy atom. The Morgan fingerprint density at radius 3 is 1.74 bits per heavy atom. The van der Waals surface area contributed by atoms with E-state index in [0.717, 1.165) is 34.8 Å². The maximum absolute atomic E-state index is 10.9. The van der Waals surface area contributed by atoms with Crippen LogP contribution in [0.15, 0.2) is 78.9 Å². The van der Waals surface area contributed by atoms with Crippen molar-refractivity contribution in [1.82, 2.24) is 0 Å². The first-order valence-corrected chi connectivity index (χ1v) is 7.36. The number of benzene rings is 3. The summed E-state index contributed by atoms with van der Waals surface area (Å²) in [5.41, 5.74) is 4.79. The van der Waals surface area contributed by atoms with E-state index in [4.69, 9.17) is 0 Å². The van der Waals surface area contributed by atoms with Crippen molar-refractivity contribution in [3.8, 4) is 11.1 Å². The van der Waals surface area contributed by atoms with Crippen molar-refractivity contribution in [3.63, 3.8) is 0 Å². The molecule has 0 amide bonds. The first kappa shape index (κ1) is 16.4. The summed E-state index contributed by atoms with van der Waals surface area (Å²) in [5, 5.41) is 0. The molecule has 0 atom stereocenters. The summed E-state index contributed by atoms with van der Waals surface area (Å²) in [6.45, 7) is 2.05. The third-order valence-electron chi connectivity index (χ3n) is 3.46. The molecule has 0 aromatic heterocycles. The Labute approximate surface area is 136 Å². The molecule has 0 saturated heterocycles. The van der Waals surface area contributed by atoms with Gasteiger partial charge in [-0.2, -0.15) is 0 Å². The quantitative estimate of drug-likeness (QED) is 0.640. The molecule has 2 heteroatoms. The van der Waals surface area contributed by atoms with Crippen LogP contribution in [-0.2, 0) is 0 Å². The van der Waals surface area contributed by atoms with Gasteiger partial charge in [0.25, 0.3) is 0 Å². The summed E-state index contributed by atoms with van der Waals surface area (Å²) in [6.07, 6.45) is 1.74. The molecule has 0 spiro atoms. The van der Waals surface area contributed by atoms with E-state index in [0.29, 0.717) is 0 Å². The lowest BCUT2D eigenvalue weighted by Crippen LogP contribution is -1.88. The molecule has 23 heavy (non-hydrogen) atoms. The van der Waals surface area contributed by atoms with E-state index >= 15 is 0 Å². The minimum Gasteiger partial charge on any atom is -0.298 e. The lowest BCUT2D eigenvalue weighted by molar-refractivity contribution is 0.111. The van der Waals surface area contributed by atoms with Gasteiger partial charge in [0.2, 0.25) is 0 Å². The number of aryl methyl sites for hydroxylation is 1. The van der Waals surface area contributed by atoms with Crippen LogP contribution in [0, 0.1) is 6.92 Å². The van der Waals surface area contributed by atoms with Crippen LogP contribution in [-0.4, -0.2) is 12.6 Å². The molecule has 3 aromatic carbocycles. The van der Waals surface area contributed by atoms with Crippen LogP contribution >= 0.6 is 0 Å². The summed E-state index contributed by atoms with van der Waals surface area (Å²) in [6, 6.07) is 24.8. The molecule has 0 fully saturated rings. The predicted molar refractivity (Wildman–Crippen MR) is 93.8 cm³/mol. The van der Waals surface area contributed by atoms with Crippen LogP contribution in [0.3, 0.4) is 0 Å². The molecule has 114 valence electrons. The summed E-state index contributed by atoms with van der Waals surface area (Å²) in [5.74, 6) is 0.